The summed E-state index contributed by atoms with van der Waals surface area (Å²) in [5.74, 6) is -1.53. The van der Waals surface area contributed by atoms with Crippen LogP contribution in [0.25, 0.3) is 0 Å². The third kappa shape index (κ3) is 8.16. The van der Waals surface area contributed by atoms with Gasteiger partial charge in [-0.15, -0.1) is 0 Å². The van der Waals surface area contributed by atoms with Crippen molar-refractivity contribution in [1.82, 2.24) is 20.4 Å². The predicted octanol–water partition coefficient (Wildman–Crippen LogP) is 7.29. The molecule has 0 aromatic heterocycles. The Balaban J connectivity index is 0.000000247. The molecule has 5 aliphatic carbocycles. The van der Waals surface area contributed by atoms with Crippen LogP contribution in [0.5, 0.6) is 0 Å². The van der Waals surface area contributed by atoms with Gasteiger partial charge in [0.05, 0.1) is 20.3 Å². The second kappa shape index (κ2) is 17.0. The van der Waals surface area contributed by atoms with Gasteiger partial charge >= 0.3 is 18.0 Å². The number of hydrogen-bond acceptors (Lipinski definition) is 10. The molecule has 4 N–H and O–H groups in total. The van der Waals surface area contributed by atoms with Gasteiger partial charge in [0, 0.05) is 23.9 Å². The highest BCUT2D eigenvalue weighted by Gasteiger charge is 2.86. The number of nitrogens with two attached hydrogens (primary N) is 1. The molecule has 7 aliphatic rings. The summed E-state index contributed by atoms with van der Waals surface area (Å²) in [5, 5.41) is 5.87. The lowest BCUT2D eigenvalue weighted by molar-refractivity contribution is -0.153. The Morgan fingerprint density at radius 3 is 1.37 bits per heavy atom. The minimum Gasteiger partial charge on any atom is -0.467 e. The summed E-state index contributed by atoms with van der Waals surface area (Å²) in [7, 11) is 2.77. The molecule has 4 amide bonds. The first-order valence-electron chi connectivity index (χ1n) is 24.7. The summed E-state index contributed by atoms with van der Waals surface area (Å²) < 4.78 is 15.7. The van der Waals surface area contributed by atoms with Gasteiger partial charge in [0.25, 0.3) is 0 Å². The quantitative estimate of drug-likeness (QED) is 0.165. The number of amides is 4. The summed E-state index contributed by atoms with van der Waals surface area (Å²) >= 11 is 0. The number of esters is 2. The first-order chi connectivity index (χ1) is 29.9. The molecule has 0 radical (unpaired) electrons. The molecule has 14 heteroatoms. The largest absolute Gasteiger partial charge is 0.467 e. The molecule has 5 saturated carbocycles. The van der Waals surface area contributed by atoms with E-state index >= 15 is 0 Å². The zero-order valence-electron chi connectivity index (χ0n) is 42.7. The molecule has 368 valence electrons. The van der Waals surface area contributed by atoms with Crippen molar-refractivity contribution in [2.75, 3.05) is 27.3 Å². The number of hydrogen-bond donors (Lipinski definition) is 3. The summed E-state index contributed by atoms with van der Waals surface area (Å²) in [5.41, 5.74) is 5.13. The van der Waals surface area contributed by atoms with Crippen LogP contribution in [0.3, 0.4) is 0 Å². The zero-order valence-corrected chi connectivity index (χ0v) is 42.7. The van der Waals surface area contributed by atoms with Crippen molar-refractivity contribution in [3.05, 3.63) is 0 Å². The van der Waals surface area contributed by atoms with E-state index in [0.29, 0.717) is 24.9 Å². The number of nitrogens with one attached hydrogen (secondary N) is 2. The first kappa shape index (κ1) is 51.0. The number of ether oxygens (including phenoxy) is 3. The summed E-state index contributed by atoms with van der Waals surface area (Å²) in [4.78, 5) is 83.1. The van der Waals surface area contributed by atoms with Crippen LogP contribution in [0.4, 0.5) is 4.79 Å². The SMILES string of the molecule is COC(=O)[C@@H]1C[C@@]2(CN1C(=O)[C@@H](N)C(C)(C)C)C(C)(C)C21CCC1.COC(=O)[C@@H]1C[C@@]2(CN1C(=O)[C@@H](NC(=O)[C@@H](NC(=O)OC(C)(C)C)C1CCCCC1)C(C)(C)C)C(C)(C)C21CCC1. The van der Waals surface area contributed by atoms with Crippen LogP contribution in [0.15, 0.2) is 0 Å². The Kier molecular flexibility index (Phi) is 13.3. The maximum atomic E-state index is 14.4. The van der Waals surface area contributed by atoms with E-state index in [1.54, 1.807) is 30.6 Å². The first-order valence-corrected chi connectivity index (χ1v) is 24.7. The Bertz CT molecular complexity index is 1880. The van der Waals surface area contributed by atoms with Crippen LogP contribution in [-0.4, -0.2) is 109 Å². The molecule has 4 spiro atoms. The molecule has 7 fully saturated rings. The molecule has 7 rings (SSSR count). The second-order valence-electron chi connectivity index (χ2n) is 25.4. The van der Waals surface area contributed by atoms with Crippen molar-refractivity contribution in [1.29, 1.82) is 0 Å². The third-order valence-electron chi connectivity index (χ3n) is 18.8. The Labute approximate surface area is 389 Å². The summed E-state index contributed by atoms with van der Waals surface area (Å²) in [6.07, 6.45) is 12.5. The third-order valence-corrected chi connectivity index (χ3v) is 18.8. The average molecular weight is 912 g/mol. The van der Waals surface area contributed by atoms with Gasteiger partial charge in [-0.3, -0.25) is 14.4 Å². The summed E-state index contributed by atoms with van der Waals surface area (Å²) in [6.45, 7) is 27.3. The van der Waals surface area contributed by atoms with E-state index in [0.717, 1.165) is 51.4 Å². The number of fused-ring (bicyclic) bond motifs is 2. The number of rotatable bonds is 8. The van der Waals surface area contributed by atoms with Crippen molar-refractivity contribution in [3.63, 3.8) is 0 Å². The van der Waals surface area contributed by atoms with Crippen molar-refractivity contribution < 1.29 is 43.0 Å². The van der Waals surface area contributed by atoms with E-state index in [1.807, 2.05) is 41.5 Å². The smallest absolute Gasteiger partial charge is 0.408 e. The topological polar surface area (TPSA) is 187 Å². The Morgan fingerprint density at radius 1 is 0.600 bits per heavy atom. The van der Waals surface area contributed by atoms with E-state index in [-0.39, 0.29) is 62.1 Å². The van der Waals surface area contributed by atoms with Crippen molar-refractivity contribution in [2.45, 2.75) is 209 Å². The fourth-order valence-corrected chi connectivity index (χ4v) is 14.2. The lowest BCUT2D eigenvalue weighted by atomic mass is 9.73. The zero-order chi connectivity index (χ0) is 48.7. The number of alkyl carbamates (subject to hydrolysis) is 1. The van der Waals surface area contributed by atoms with Crippen LogP contribution < -0.4 is 16.4 Å². The van der Waals surface area contributed by atoms with Gasteiger partial charge in [0.2, 0.25) is 17.7 Å². The van der Waals surface area contributed by atoms with Gasteiger partial charge < -0.3 is 40.4 Å². The highest BCUT2D eigenvalue weighted by atomic mass is 16.6. The van der Waals surface area contributed by atoms with Crippen LogP contribution in [0.1, 0.15) is 173 Å². The second-order valence-corrected chi connectivity index (χ2v) is 25.4. The maximum Gasteiger partial charge on any atom is 0.408 e. The van der Waals surface area contributed by atoms with Gasteiger partial charge in [-0.2, -0.15) is 0 Å². The van der Waals surface area contributed by atoms with Crippen LogP contribution in [0, 0.1) is 49.2 Å². The number of methoxy groups -OCH3 is 2. The van der Waals surface area contributed by atoms with Gasteiger partial charge in [0.15, 0.2) is 0 Å². The van der Waals surface area contributed by atoms with Gasteiger partial charge in [0.1, 0.15) is 29.8 Å². The Morgan fingerprint density at radius 2 is 1.03 bits per heavy atom. The van der Waals surface area contributed by atoms with E-state index in [9.17, 15) is 28.8 Å². The molecular formula is C51H85N5O9. The maximum absolute atomic E-state index is 14.4. The van der Waals surface area contributed by atoms with Gasteiger partial charge in [-0.05, 0) is 111 Å². The highest BCUT2D eigenvalue weighted by molar-refractivity contribution is 5.94. The summed E-state index contributed by atoms with van der Waals surface area (Å²) in [6, 6.07) is -3.48. The lowest BCUT2D eigenvalue weighted by Gasteiger charge is -2.37. The van der Waals surface area contributed by atoms with E-state index in [1.165, 1.54) is 39.9 Å². The molecular weight excluding hydrogens is 827 g/mol. The molecule has 14 nitrogen and oxygen atoms in total. The van der Waals surface area contributed by atoms with Crippen molar-refractivity contribution >= 4 is 35.8 Å². The van der Waals surface area contributed by atoms with Crippen LogP contribution >= 0.6 is 0 Å². The number of carbonyl (C=O) groups is 6. The number of nitrogens with zero attached hydrogens (tertiary/aromatic N) is 2. The fourth-order valence-electron chi connectivity index (χ4n) is 14.2. The molecule has 0 unspecified atom stereocenters. The minimum atomic E-state index is -0.886. The normalized spacial score (nSPS) is 30.5. The predicted molar refractivity (Wildman–Crippen MR) is 248 cm³/mol. The highest BCUT2D eigenvalue weighted by Crippen LogP contribution is 2.89. The molecule has 7 atom stereocenters. The van der Waals surface area contributed by atoms with Crippen molar-refractivity contribution in [3.8, 4) is 0 Å². The standard InChI is InChI=1S/C32H53N3O6.C19H32N2O3/c1-28(2,3)23(34-24(36)22(20-14-11-10-12-15-20)33-27(39)41-29(4,5)6)25(37)35-19-32(18-21(35)26(38)40-9)30(7,8)31(32)16-13-17-31;1-16(2,3)13(20)14(22)21-11-19(10-12(21)15(23)24-6)17(4,5)18(19)8-7-9-18/h20-23H,10-19H2,1-9H3,(H,33,39)(H,34,36);12-13H,7-11,20H2,1-6H3/t21-,22-,23+,32+;12-,13+,19+/m00/s1. The molecule has 2 saturated heterocycles. The van der Waals surface area contributed by atoms with E-state index < -0.39 is 53.3 Å². The molecule has 2 heterocycles. The minimum absolute atomic E-state index is 0.0312. The Hall–Kier alpha value is -3.42. The van der Waals surface area contributed by atoms with Crippen molar-refractivity contribution in [2.24, 2.45) is 55.0 Å². The van der Waals surface area contributed by atoms with Crippen LogP contribution in [0.2, 0.25) is 0 Å². The van der Waals surface area contributed by atoms with Gasteiger partial charge in [-0.1, -0.05) is 101 Å². The number of carbonyl (C=O) groups excluding carboxylic acids is 6. The molecule has 2 aliphatic heterocycles. The lowest BCUT2D eigenvalue weighted by Crippen LogP contribution is -2.61. The molecule has 65 heavy (non-hydrogen) atoms. The number of likely N-dealkylation sites (tertiary alicyclic amines) is 2. The van der Waals surface area contributed by atoms with Crippen LogP contribution in [-0.2, 0) is 38.2 Å². The molecule has 0 aromatic rings. The van der Waals surface area contributed by atoms with E-state index in [2.05, 4.69) is 38.3 Å². The van der Waals surface area contributed by atoms with Gasteiger partial charge in [-0.25, -0.2) is 14.4 Å². The van der Waals surface area contributed by atoms with E-state index in [4.69, 9.17) is 19.9 Å². The average Bonchev–Trinajstić information content (AvgIpc) is 3.51. The molecule has 0 aromatic carbocycles. The fraction of sp³-hybridized carbons (Fsp3) is 0.882. The monoisotopic (exact) mass is 912 g/mol. The molecule has 0 bridgehead atoms.